The van der Waals surface area contributed by atoms with Crippen LogP contribution in [0.5, 0.6) is 5.75 Å². The number of esters is 1. The molecule has 0 aliphatic heterocycles. The van der Waals surface area contributed by atoms with E-state index < -0.39 is 6.10 Å². The molecule has 0 amide bonds. The predicted octanol–water partition coefficient (Wildman–Crippen LogP) is 4.52. The number of ether oxygens (including phenoxy) is 2. The second-order valence-corrected chi connectivity index (χ2v) is 5.94. The molecule has 0 N–H and O–H groups in total. The van der Waals surface area contributed by atoms with Crippen LogP contribution in [-0.4, -0.2) is 18.7 Å². The minimum absolute atomic E-state index is 0.290. The highest BCUT2D eigenvalue weighted by Crippen LogP contribution is 2.18. The minimum Gasteiger partial charge on any atom is -0.479 e. The summed E-state index contributed by atoms with van der Waals surface area (Å²) in [5.41, 5.74) is 1.02. The lowest BCUT2D eigenvalue weighted by Crippen LogP contribution is -2.26. The first-order valence-electron chi connectivity index (χ1n) is 7.89. The number of para-hydroxylation sites is 1. The zero-order valence-corrected chi connectivity index (χ0v) is 13.7. The van der Waals surface area contributed by atoms with Gasteiger partial charge in [-0.3, -0.25) is 0 Å². The van der Waals surface area contributed by atoms with Crippen molar-refractivity contribution in [1.82, 2.24) is 0 Å². The lowest BCUT2D eigenvalue weighted by atomic mass is 10.1. The molecule has 0 heterocycles. The Hall–Kier alpha value is -1.51. The van der Waals surface area contributed by atoms with E-state index in [0.717, 1.165) is 30.1 Å². The first-order valence-corrected chi connectivity index (χ1v) is 7.89. The fourth-order valence-corrected chi connectivity index (χ4v) is 2.05. The van der Waals surface area contributed by atoms with Crippen molar-refractivity contribution in [2.75, 3.05) is 6.61 Å². The standard InChI is InChI=1S/C18H28O3/c1-14(2)10-6-5-9-13-20-18(19)16(4)21-17-12-8-7-11-15(17)3/h7-8,11-12,14,16H,5-6,9-10,13H2,1-4H3/t16-/m1/s1. The quantitative estimate of drug-likeness (QED) is 0.496. The summed E-state index contributed by atoms with van der Waals surface area (Å²) >= 11 is 0. The van der Waals surface area contributed by atoms with Gasteiger partial charge in [-0.05, 0) is 37.8 Å². The smallest absolute Gasteiger partial charge is 0.347 e. The molecule has 1 atom stereocenters. The molecular formula is C18H28O3. The van der Waals surface area contributed by atoms with Crippen molar-refractivity contribution in [2.24, 2.45) is 5.92 Å². The average Bonchev–Trinajstić information content (AvgIpc) is 2.44. The van der Waals surface area contributed by atoms with Crippen LogP contribution in [0.25, 0.3) is 0 Å². The topological polar surface area (TPSA) is 35.5 Å². The van der Waals surface area contributed by atoms with Crippen molar-refractivity contribution in [3.05, 3.63) is 29.8 Å². The Kier molecular flexibility index (Phi) is 7.88. The minimum atomic E-state index is -0.568. The number of benzene rings is 1. The van der Waals surface area contributed by atoms with Crippen LogP contribution in [0.3, 0.4) is 0 Å². The lowest BCUT2D eigenvalue weighted by Gasteiger charge is -2.15. The summed E-state index contributed by atoms with van der Waals surface area (Å²) in [6, 6.07) is 7.67. The summed E-state index contributed by atoms with van der Waals surface area (Å²) in [6.45, 7) is 8.63. The first kappa shape index (κ1) is 17.5. The largest absolute Gasteiger partial charge is 0.479 e. The summed E-state index contributed by atoms with van der Waals surface area (Å²) in [6.07, 6.45) is 3.90. The molecule has 0 saturated carbocycles. The molecule has 118 valence electrons. The van der Waals surface area contributed by atoms with Crippen LogP contribution >= 0.6 is 0 Å². The van der Waals surface area contributed by atoms with Crippen molar-refractivity contribution >= 4 is 5.97 Å². The Morgan fingerprint density at radius 1 is 1.10 bits per heavy atom. The van der Waals surface area contributed by atoms with Crippen LogP contribution < -0.4 is 4.74 Å². The Morgan fingerprint density at radius 3 is 2.48 bits per heavy atom. The fourth-order valence-electron chi connectivity index (χ4n) is 2.05. The molecule has 0 aliphatic carbocycles. The number of rotatable bonds is 9. The van der Waals surface area contributed by atoms with E-state index in [1.165, 1.54) is 12.8 Å². The van der Waals surface area contributed by atoms with Crippen molar-refractivity contribution < 1.29 is 14.3 Å². The first-order chi connectivity index (χ1) is 10.0. The highest BCUT2D eigenvalue weighted by Gasteiger charge is 2.16. The maximum absolute atomic E-state index is 11.9. The van der Waals surface area contributed by atoms with Crippen molar-refractivity contribution in [1.29, 1.82) is 0 Å². The molecule has 0 unspecified atom stereocenters. The van der Waals surface area contributed by atoms with Crippen molar-refractivity contribution in [3.63, 3.8) is 0 Å². The molecule has 0 fully saturated rings. The van der Waals surface area contributed by atoms with E-state index in [1.807, 2.05) is 31.2 Å². The molecular weight excluding hydrogens is 264 g/mol. The molecule has 0 aliphatic rings. The number of unbranched alkanes of at least 4 members (excludes halogenated alkanes) is 2. The van der Waals surface area contributed by atoms with Gasteiger partial charge in [0.05, 0.1) is 6.61 Å². The van der Waals surface area contributed by atoms with Crippen molar-refractivity contribution in [3.8, 4) is 5.75 Å². The Bertz CT molecular complexity index is 426. The molecule has 1 aromatic carbocycles. The van der Waals surface area contributed by atoms with Gasteiger partial charge in [0.25, 0.3) is 0 Å². The third kappa shape index (κ3) is 7.16. The van der Waals surface area contributed by atoms with Gasteiger partial charge in [0, 0.05) is 0 Å². The van der Waals surface area contributed by atoms with Gasteiger partial charge in [-0.2, -0.15) is 0 Å². The molecule has 3 nitrogen and oxygen atoms in total. The third-order valence-corrected chi connectivity index (χ3v) is 3.40. The number of carbonyl (C=O) groups excluding carboxylic acids is 1. The van der Waals surface area contributed by atoms with Gasteiger partial charge in [0.2, 0.25) is 0 Å². The highest BCUT2D eigenvalue weighted by molar-refractivity contribution is 5.74. The molecule has 21 heavy (non-hydrogen) atoms. The van der Waals surface area contributed by atoms with Crippen LogP contribution in [-0.2, 0) is 9.53 Å². The second kappa shape index (κ2) is 9.43. The van der Waals surface area contributed by atoms with Gasteiger partial charge >= 0.3 is 5.97 Å². The molecule has 0 saturated heterocycles. The van der Waals surface area contributed by atoms with Gasteiger partial charge < -0.3 is 9.47 Å². The van der Waals surface area contributed by atoms with E-state index >= 15 is 0 Å². The second-order valence-electron chi connectivity index (χ2n) is 5.94. The molecule has 3 heteroatoms. The Labute approximate surface area is 128 Å². The van der Waals surface area contributed by atoms with Crippen LogP contribution in [0, 0.1) is 12.8 Å². The maximum Gasteiger partial charge on any atom is 0.347 e. The highest BCUT2D eigenvalue weighted by atomic mass is 16.6. The van der Waals surface area contributed by atoms with Crippen LogP contribution in [0.1, 0.15) is 52.0 Å². The van der Waals surface area contributed by atoms with Crippen molar-refractivity contribution in [2.45, 2.75) is 59.5 Å². The SMILES string of the molecule is Cc1ccccc1O[C@H](C)C(=O)OCCCCCC(C)C. The van der Waals surface area contributed by atoms with Crippen LogP contribution in [0.2, 0.25) is 0 Å². The van der Waals surface area contributed by atoms with E-state index in [2.05, 4.69) is 13.8 Å². The van der Waals surface area contributed by atoms with Gasteiger partial charge in [-0.1, -0.05) is 51.3 Å². The number of hydrogen-bond donors (Lipinski definition) is 0. The molecule has 0 bridgehead atoms. The Morgan fingerprint density at radius 2 is 1.81 bits per heavy atom. The summed E-state index contributed by atoms with van der Waals surface area (Å²) in [5.74, 6) is 1.19. The van der Waals surface area contributed by atoms with E-state index in [0.29, 0.717) is 6.61 Å². The summed E-state index contributed by atoms with van der Waals surface area (Å²) < 4.78 is 10.9. The number of aryl methyl sites for hydroxylation is 1. The van der Waals surface area contributed by atoms with E-state index in [4.69, 9.17) is 9.47 Å². The number of carbonyl (C=O) groups is 1. The molecule has 0 aromatic heterocycles. The normalized spacial score (nSPS) is 12.2. The predicted molar refractivity (Wildman–Crippen MR) is 85.5 cm³/mol. The average molecular weight is 292 g/mol. The van der Waals surface area contributed by atoms with Crippen LogP contribution in [0.4, 0.5) is 0 Å². The molecule has 0 spiro atoms. The fraction of sp³-hybridized carbons (Fsp3) is 0.611. The Balaban J connectivity index is 2.21. The van der Waals surface area contributed by atoms with Gasteiger partial charge in [-0.15, -0.1) is 0 Å². The number of hydrogen-bond acceptors (Lipinski definition) is 3. The zero-order valence-electron chi connectivity index (χ0n) is 13.7. The van der Waals surface area contributed by atoms with Gasteiger partial charge in [-0.25, -0.2) is 4.79 Å². The maximum atomic E-state index is 11.9. The monoisotopic (exact) mass is 292 g/mol. The van der Waals surface area contributed by atoms with E-state index in [-0.39, 0.29) is 5.97 Å². The van der Waals surface area contributed by atoms with Gasteiger partial charge in [0.1, 0.15) is 5.75 Å². The van der Waals surface area contributed by atoms with E-state index in [1.54, 1.807) is 6.92 Å². The summed E-state index contributed by atoms with van der Waals surface area (Å²) in [4.78, 5) is 11.9. The molecule has 0 radical (unpaired) electrons. The molecule has 1 rings (SSSR count). The summed E-state index contributed by atoms with van der Waals surface area (Å²) in [5, 5.41) is 0. The third-order valence-electron chi connectivity index (χ3n) is 3.40. The van der Waals surface area contributed by atoms with Crippen LogP contribution in [0.15, 0.2) is 24.3 Å². The summed E-state index contributed by atoms with van der Waals surface area (Å²) in [7, 11) is 0. The van der Waals surface area contributed by atoms with E-state index in [9.17, 15) is 4.79 Å². The molecule has 1 aromatic rings. The van der Waals surface area contributed by atoms with Gasteiger partial charge in [0.15, 0.2) is 6.10 Å². The zero-order chi connectivity index (χ0) is 15.7. The lowest BCUT2D eigenvalue weighted by molar-refractivity contribution is -0.151.